The molecule has 1 aromatic heterocycles. The molecule has 0 bridgehead atoms. The van der Waals surface area contributed by atoms with Crippen molar-refractivity contribution in [3.05, 3.63) is 66.1 Å². The van der Waals surface area contributed by atoms with Crippen molar-refractivity contribution in [2.24, 2.45) is 0 Å². The molecule has 0 radical (unpaired) electrons. The van der Waals surface area contributed by atoms with E-state index in [9.17, 15) is 13.2 Å². The zero-order valence-corrected chi connectivity index (χ0v) is 19.4. The molecule has 1 heterocycles. The number of para-hydroxylation sites is 1. The summed E-state index contributed by atoms with van der Waals surface area (Å²) < 4.78 is 44.8. The van der Waals surface area contributed by atoms with Crippen LogP contribution in [-0.4, -0.2) is 41.0 Å². The van der Waals surface area contributed by atoms with Gasteiger partial charge in [-0.05, 0) is 55.2 Å². The van der Waals surface area contributed by atoms with Crippen LogP contribution in [0.15, 0.2) is 54.9 Å². The number of hydrogen-bond donors (Lipinski definition) is 1. The number of aryl methyl sites for hydroxylation is 2. The molecule has 34 heavy (non-hydrogen) atoms. The molecule has 0 aliphatic carbocycles. The fraction of sp³-hybridized carbons (Fsp3) is 0.360. The smallest absolute Gasteiger partial charge is 0.490 e. The number of carbonyl (C=O) groups is 1. The van der Waals surface area contributed by atoms with Crippen molar-refractivity contribution < 1.29 is 32.5 Å². The SMILES string of the molecule is CCCCc1c(-c2ccc(OC)cc2)ncn1CCc1ccccc1OC.O=C(O)C(F)(F)F. The van der Waals surface area contributed by atoms with Crippen molar-refractivity contribution >= 4 is 5.97 Å². The lowest BCUT2D eigenvalue weighted by molar-refractivity contribution is -0.192. The van der Waals surface area contributed by atoms with Crippen LogP contribution in [0.25, 0.3) is 11.3 Å². The standard InChI is InChI=1S/C23H28N2O2.C2HF3O2/c1-4-5-9-21-23(19-11-13-20(26-2)14-12-19)24-17-25(21)16-15-18-8-6-7-10-22(18)27-3;3-2(4,5)1(6)7/h6-8,10-14,17H,4-5,9,15-16H2,1-3H3;(H,6,7). The summed E-state index contributed by atoms with van der Waals surface area (Å²) in [4.78, 5) is 13.6. The summed E-state index contributed by atoms with van der Waals surface area (Å²) in [5.74, 6) is -0.944. The number of halogens is 3. The largest absolute Gasteiger partial charge is 0.497 e. The zero-order valence-electron chi connectivity index (χ0n) is 19.4. The fourth-order valence-corrected chi connectivity index (χ4v) is 3.35. The normalized spacial score (nSPS) is 10.9. The Labute approximate surface area is 197 Å². The monoisotopic (exact) mass is 478 g/mol. The molecule has 0 aliphatic rings. The molecule has 0 amide bonds. The van der Waals surface area contributed by atoms with Gasteiger partial charge in [0.15, 0.2) is 0 Å². The number of carboxylic acid groups (broad SMARTS) is 1. The van der Waals surface area contributed by atoms with Crippen LogP contribution in [0.5, 0.6) is 11.5 Å². The second-order valence-electron chi connectivity index (χ2n) is 7.43. The minimum absolute atomic E-state index is 0.865. The Balaban J connectivity index is 0.000000509. The van der Waals surface area contributed by atoms with Crippen LogP contribution in [-0.2, 0) is 24.2 Å². The van der Waals surface area contributed by atoms with E-state index in [0.29, 0.717) is 0 Å². The van der Waals surface area contributed by atoms with Gasteiger partial charge in [0.05, 0.1) is 26.2 Å². The second-order valence-corrected chi connectivity index (χ2v) is 7.43. The molecule has 0 atom stereocenters. The van der Waals surface area contributed by atoms with Gasteiger partial charge in [-0.2, -0.15) is 13.2 Å². The van der Waals surface area contributed by atoms with E-state index in [1.54, 1.807) is 14.2 Å². The number of alkyl halides is 3. The summed E-state index contributed by atoms with van der Waals surface area (Å²) in [7, 11) is 3.42. The Bertz CT molecular complexity index is 1050. The van der Waals surface area contributed by atoms with Crippen LogP contribution in [0.4, 0.5) is 13.2 Å². The third-order valence-electron chi connectivity index (χ3n) is 5.13. The number of nitrogens with zero attached hydrogens (tertiary/aromatic N) is 2. The maximum Gasteiger partial charge on any atom is 0.490 e. The summed E-state index contributed by atoms with van der Waals surface area (Å²) in [5.41, 5.74) is 4.74. The molecule has 0 unspecified atom stereocenters. The molecule has 1 N–H and O–H groups in total. The number of aliphatic carboxylic acids is 1. The van der Waals surface area contributed by atoms with Crippen molar-refractivity contribution in [2.75, 3.05) is 14.2 Å². The van der Waals surface area contributed by atoms with Gasteiger partial charge in [0.2, 0.25) is 0 Å². The Hall–Kier alpha value is -3.49. The molecule has 2 aromatic carbocycles. The molecule has 0 aliphatic heterocycles. The average molecular weight is 479 g/mol. The van der Waals surface area contributed by atoms with Crippen molar-refractivity contribution in [1.29, 1.82) is 0 Å². The third-order valence-corrected chi connectivity index (χ3v) is 5.13. The predicted molar refractivity (Wildman–Crippen MR) is 123 cm³/mol. The molecule has 3 rings (SSSR count). The maximum atomic E-state index is 10.6. The fourth-order valence-electron chi connectivity index (χ4n) is 3.35. The summed E-state index contributed by atoms with van der Waals surface area (Å²) >= 11 is 0. The van der Waals surface area contributed by atoms with Gasteiger partial charge < -0.3 is 19.1 Å². The summed E-state index contributed by atoms with van der Waals surface area (Å²) in [6.45, 7) is 3.12. The van der Waals surface area contributed by atoms with Crippen LogP contribution in [0.3, 0.4) is 0 Å². The minimum Gasteiger partial charge on any atom is -0.497 e. The number of imidazole rings is 1. The number of unbranched alkanes of at least 4 members (excludes halogenated alkanes) is 1. The van der Waals surface area contributed by atoms with Gasteiger partial charge in [0, 0.05) is 17.8 Å². The molecule has 3 aromatic rings. The highest BCUT2D eigenvalue weighted by atomic mass is 19.4. The number of aromatic nitrogens is 2. The van der Waals surface area contributed by atoms with Crippen LogP contribution in [0.1, 0.15) is 31.0 Å². The number of methoxy groups -OCH3 is 2. The van der Waals surface area contributed by atoms with Gasteiger partial charge in [0.25, 0.3) is 0 Å². The molecule has 0 spiro atoms. The topological polar surface area (TPSA) is 73.6 Å². The van der Waals surface area contributed by atoms with E-state index in [0.717, 1.165) is 48.6 Å². The average Bonchev–Trinajstić information content (AvgIpc) is 3.24. The minimum atomic E-state index is -5.08. The molecule has 184 valence electrons. The molecular formula is C25H29F3N2O4. The highest BCUT2D eigenvalue weighted by Gasteiger charge is 2.38. The number of benzene rings is 2. The molecule has 9 heteroatoms. The first kappa shape index (κ1) is 26.8. The highest BCUT2D eigenvalue weighted by Crippen LogP contribution is 2.27. The molecule has 0 fully saturated rings. The molecule has 6 nitrogen and oxygen atoms in total. The number of carboxylic acids is 1. The van der Waals surface area contributed by atoms with Gasteiger partial charge in [0.1, 0.15) is 11.5 Å². The van der Waals surface area contributed by atoms with Crippen LogP contribution >= 0.6 is 0 Å². The lowest BCUT2D eigenvalue weighted by atomic mass is 10.1. The molecular weight excluding hydrogens is 449 g/mol. The van der Waals surface area contributed by atoms with E-state index in [1.165, 1.54) is 17.7 Å². The first-order valence-corrected chi connectivity index (χ1v) is 10.8. The first-order valence-electron chi connectivity index (χ1n) is 10.8. The van der Waals surface area contributed by atoms with E-state index in [-0.39, 0.29) is 0 Å². The first-order chi connectivity index (χ1) is 16.2. The van der Waals surface area contributed by atoms with Crippen LogP contribution in [0, 0.1) is 0 Å². The summed E-state index contributed by atoms with van der Waals surface area (Å²) in [6.07, 6.45) is 1.16. The van der Waals surface area contributed by atoms with Crippen molar-refractivity contribution in [2.45, 2.75) is 45.3 Å². The van der Waals surface area contributed by atoms with Gasteiger partial charge >= 0.3 is 12.1 Å². The summed E-state index contributed by atoms with van der Waals surface area (Å²) in [5, 5.41) is 7.12. The molecule has 0 saturated heterocycles. The van der Waals surface area contributed by atoms with Crippen molar-refractivity contribution in [3.63, 3.8) is 0 Å². The molecule has 0 saturated carbocycles. The Kier molecular flexibility index (Phi) is 9.97. The van der Waals surface area contributed by atoms with Crippen LogP contribution in [0.2, 0.25) is 0 Å². The van der Waals surface area contributed by atoms with E-state index >= 15 is 0 Å². The highest BCUT2D eigenvalue weighted by molar-refractivity contribution is 5.73. The Morgan fingerprint density at radius 2 is 1.68 bits per heavy atom. The summed E-state index contributed by atoms with van der Waals surface area (Å²) in [6, 6.07) is 16.4. The van der Waals surface area contributed by atoms with Gasteiger partial charge in [-0.25, -0.2) is 9.78 Å². The van der Waals surface area contributed by atoms with Crippen LogP contribution < -0.4 is 9.47 Å². The van der Waals surface area contributed by atoms with Crippen molar-refractivity contribution in [3.8, 4) is 22.8 Å². The second kappa shape index (κ2) is 12.7. The van der Waals surface area contributed by atoms with Gasteiger partial charge in [-0.1, -0.05) is 31.5 Å². The lowest BCUT2D eigenvalue weighted by Gasteiger charge is -2.12. The number of rotatable bonds is 9. The van der Waals surface area contributed by atoms with Gasteiger partial charge in [-0.3, -0.25) is 0 Å². The van der Waals surface area contributed by atoms with Crippen molar-refractivity contribution in [1.82, 2.24) is 9.55 Å². The van der Waals surface area contributed by atoms with E-state index in [2.05, 4.69) is 35.8 Å². The lowest BCUT2D eigenvalue weighted by Crippen LogP contribution is -2.21. The van der Waals surface area contributed by atoms with Gasteiger partial charge in [-0.15, -0.1) is 0 Å². The number of hydrogen-bond acceptors (Lipinski definition) is 4. The quantitative estimate of drug-likeness (QED) is 0.422. The Morgan fingerprint density at radius 3 is 2.24 bits per heavy atom. The Morgan fingerprint density at radius 1 is 1.03 bits per heavy atom. The zero-order chi connectivity index (χ0) is 25.1. The van der Waals surface area contributed by atoms with E-state index in [1.807, 2.05) is 30.6 Å². The van der Waals surface area contributed by atoms with E-state index < -0.39 is 12.1 Å². The number of ether oxygens (including phenoxy) is 2. The predicted octanol–water partition coefficient (Wildman–Crippen LogP) is 5.79. The van der Waals surface area contributed by atoms with E-state index in [4.69, 9.17) is 24.4 Å². The maximum absolute atomic E-state index is 10.6. The third kappa shape index (κ3) is 7.54.